The molecule has 140 valence electrons. The zero-order valence-corrected chi connectivity index (χ0v) is 16.7. The van der Waals surface area contributed by atoms with Crippen LogP contribution in [0.1, 0.15) is 18.9 Å². The van der Waals surface area contributed by atoms with Crippen molar-refractivity contribution in [1.29, 1.82) is 0 Å². The summed E-state index contributed by atoms with van der Waals surface area (Å²) >= 11 is 1.90. The summed E-state index contributed by atoms with van der Waals surface area (Å²) < 4.78 is 1.88. The van der Waals surface area contributed by atoms with Crippen molar-refractivity contribution >= 4 is 17.7 Å². The topological polar surface area (TPSA) is 45.5 Å². The van der Waals surface area contributed by atoms with Crippen LogP contribution in [0, 0.1) is 5.92 Å². The van der Waals surface area contributed by atoms with E-state index in [9.17, 15) is 0 Å². The molecule has 1 aliphatic rings. The Morgan fingerprint density at radius 1 is 1.38 bits per heavy atom. The minimum Gasteiger partial charge on any atom is -0.355 e. The van der Waals surface area contributed by atoms with E-state index < -0.39 is 0 Å². The third kappa shape index (κ3) is 5.27. The number of hydrogen-bond acceptors (Lipinski definition) is 3. The standard InChI is InChI=1S/C20H29N5S/c1-16(26-19-7-5-4-6-8-19)12-22-20(21-2)25-10-9-17(15-25)11-18-13-23-24(3)14-18/h4-8,13-14,16-17H,9-12,15H2,1-3H3,(H,21,22). The third-order valence-corrected chi connectivity index (χ3v) is 5.82. The summed E-state index contributed by atoms with van der Waals surface area (Å²) in [5.41, 5.74) is 1.33. The van der Waals surface area contributed by atoms with E-state index in [1.807, 2.05) is 36.7 Å². The van der Waals surface area contributed by atoms with Gasteiger partial charge in [-0.1, -0.05) is 25.1 Å². The molecule has 1 saturated heterocycles. The Hall–Kier alpha value is -1.95. The van der Waals surface area contributed by atoms with Crippen LogP contribution in [0.3, 0.4) is 0 Å². The molecule has 1 fully saturated rings. The molecule has 3 rings (SSSR count). The summed E-state index contributed by atoms with van der Waals surface area (Å²) in [6, 6.07) is 10.6. The number of hydrogen-bond donors (Lipinski definition) is 1. The summed E-state index contributed by atoms with van der Waals surface area (Å²) in [4.78, 5) is 8.20. The van der Waals surface area contributed by atoms with Crippen molar-refractivity contribution in [2.45, 2.75) is 29.9 Å². The molecule has 1 aliphatic heterocycles. The van der Waals surface area contributed by atoms with Crippen LogP contribution in [0.5, 0.6) is 0 Å². The van der Waals surface area contributed by atoms with Gasteiger partial charge in [0.1, 0.15) is 0 Å². The first-order chi connectivity index (χ1) is 12.6. The molecule has 2 atom stereocenters. The summed E-state index contributed by atoms with van der Waals surface area (Å²) in [5, 5.41) is 8.32. The van der Waals surface area contributed by atoms with Crippen molar-refractivity contribution < 1.29 is 0 Å². The molecule has 2 aromatic rings. The van der Waals surface area contributed by atoms with E-state index in [-0.39, 0.29) is 0 Å². The van der Waals surface area contributed by atoms with Gasteiger partial charge in [-0.15, -0.1) is 11.8 Å². The lowest BCUT2D eigenvalue weighted by Crippen LogP contribution is -2.42. The Morgan fingerprint density at radius 3 is 2.88 bits per heavy atom. The summed E-state index contributed by atoms with van der Waals surface area (Å²) in [6.07, 6.45) is 6.42. The summed E-state index contributed by atoms with van der Waals surface area (Å²) in [7, 11) is 3.86. The second kappa shape index (κ2) is 9.12. The maximum absolute atomic E-state index is 4.50. The van der Waals surface area contributed by atoms with E-state index in [0.717, 1.165) is 32.0 Å². The first-order valence-electron chi connectivity index (χ1n) is 9.29. The molecular weight excluding hydrogens is 342 g/mol. The highest BCUT2D eigenvalue weighted by molar-refractivity contribution is 8.00. The Balaban J connectivity index is 1.45. The van der Waals surface area contributed by atoms with Crippen molar-refractivity contribution in [2.24, 2.45) is 18.0 Å². The lowest BCUT2D eigenvalue weighted by molar-refractivity contribution is 0.460. The van der Waals surface area contributed by atoms with Crippen molar-refractivity contribution in [2.75, 3.05) is 26.7 Å². The van der Waals surface area contributed by atoms with Crippen LogP contribution in [0.15, 0.2) is 52.6 Å². The number of nitrogens with zero attached hydrogens (tertiary/aromatic N) is 4. The zero-order valence-electron chi connectivity index (χ0n) is 15.9. The minimum absolute atomic E-state index is 0.489. The van der Waals surface area contributed by atoms with Crippen LogP contribution in [0.2, 0.25) is 0 Å². The number of benzene rings is 1. The molecule has 2 heterocycles. The number of aliphatic imine (C=N–C) groups is 1. The smallest absolute Gasteiger partial charge is 0.193 e. The van der Waals surface area contributed by atoms with Gasteiger partial charge >= 0.3 is 0 Å². The van der Waals surface area contributed by atoms with Gasteiger partial charge in [0.2, 0.25) is 0 Å². The summed E-state index contributed by atoms with van der Waals surface area (Å²) in [6.45, 7) is 5.31. The Bertz CT molecular complexity index is 712. The molecule has 0 radical (unpaired) electrons. The van der Waals surface area contributed by atoms with E-state index in [0.29, 0.717) is 11.2 Å². The second-order valence-corrected chi connectivity index (χ2v) is 8.51. The molecule has 1 aromatic heterocycles. The van der Waals surface area contributed by atoms with Gasteiger partial charge < -0.3 is 10.2 Å². The lowest BCUT2D eigenvalue weighted by Gasteiger charge is -2.23. The Morgan fingerprint density at radius 2 is 2.19 bits per heavy atom. The Labute approximate surface area is 160 Å². The zero-order chi connectivity index (χ0) is 18.4. The molecule has 5 nitrogen and oxygen atoms in total. The SMILES string of the molecule is CN=C(NCC(C)Sc1ccccc1)N1CCC(Cc2cnn(C)c2)C1. The monoisotopic (exact) mass is 371 g/mol. The van der Waals surface area contributed by atoms with Gasteiger partial charge in [-0.2, -0.15) is 5.10 Å². The molecule has 1 aromatic carbocycles. The van der Waals surface area contributed by atoms with Crippen molar-refractivity contribution in [3.05, 3.63) is 48.3 Å². The molecule has 2 unspecified atom stereocenters. The van der Waals surface area contributed by atoms with Gasteiger partial charge in [-0.3, -0.25) is 9.67 Å². The van der Waals surface area contributed by atoms with Crippen molar-refractivity contribution in [3.8, 4) is 0 Å². The van der Waals surface area contributed by atoms with Crippen LogP contribution in [0.4, 0.5) is 0 Å². The molecule has 6 heteroatoms. The quantitative estimate of drug-likeness (QED) is 0.482. The number of likely N-dealkylation sites (tertiary alicyclic amines) is 1. The fourth-order valence-corrected chi connectivity index (χ4v) is 4.39. The normalized spacial score (nSPS) is 19.0. The predicted molar refractivity (Wildman–Crippen MR) is 110 cm³/mol. The van der Waals surface area contributed by atoms with Gasteiger partial charge in [-0.25, -0.2) is 0 Å². The number of nitrogens with one attached hydrogen (secondary N) is 1. The van der Waals surface area contributed by atoms with E-state index in [2.05, 4.69) is 63.8 Å². The number of guanidine groups is 1. The van der Waals surface area contributed by atoms with Crippen LogP contribution in [-0.2, 0) is 13.5 Å². The molecule has 0 saturated carbocycles. The molecule has 26 heavy (non-hydrogen) atoms. The molecule has 0 spiro atoms. The highest BCUT2D eigenvalue weighted by atomic mass is 32.2. The van der Waals surface area contributed by atoms with E-state index in [1.165, 1.54) is 16.9 Å². The number of rotatable bonds is 6. The number of thioether (sulfide) groups is 1. The first kappa shape index (κ1) is 18.8. The largest absolute Gasteiger partial charge is 0.355 e. The summed E-state index contributed by atoms with van der Waals surface area (Å²) in [5.74, 6) is 1.70. The number of aryl methyl sites for hydroxylation is 1. The van der Waals surface area contributed by atoms with Crippen LogP contribution in [0.25, 0.3) is 0 Å². The molecule has 0 amide bonds. The third-order valence-electron chi connectivity index (χ3n) is 4.71. The fraction of sp³-hybridized carbons (Fsp3) is 0.500. The lowest BCUT2D eigenvalue weighted by atomic mass is 10.0. The fourth-order valence-electron chi connectivity index (χ4n) is 3.44. The van der Waals surface area contributed by atoms with Crippen LogP contribution >= 0.6 is 11.8 Å². The second-order valence-electron chi connectivity index (χ2n) is 7.00. The first-order valence-corrected chi connectivity index (χ1v) is 10.2. The van der Waals surface area contributed by atoms with Crippen molar-refractivity contribution in [3.63, 3.8) is 0 Å². The molecular formula is C20H29N5S. The Kier molecular flexibility index (Phi) is 6.61. The average Bonchev–Trinajstić information content (AvgIpc) is 3.26. The average molecular weight is 372 g/mol. The van der Waals surface area contributed by atoms with Gasteiger partial charge in [0.05, 0.1) is 6.20 Å². The van der Waals surface area contributed by atoms with E-state index in [1.54, 1.807) is 0 Å². The molecule has 1 N–H and O–H groups in total. The number of aromatic nitrogens is 2. The highest BCUT2D eigenvalue weighted by Gasteiger charge is 2.25. The van der Waals surface area contributed by atoms with Crippen molar-refractivity contribution in [1.82, 2.24) is 20.0 Å². The highest BCUT2D eigenvalue weighted by Crippen LogP contribution is 2.23. The molecule has 0 bridgehead atoms. The van der Waals surface area contributed by atoms with Crippen LogP contribution in [-0.4, -0.2) is 52.6 Å². The van der Waals surface area contributed by atoms with Crippen LogP contribution < -0.4 is 5.32 Å². The minimum atomic E-state index is 0.489. The van der Waals surface area contributed by atoms with E-state index >= 15 is 0 Å². The van der Waals surface area contributed by atoms with Gasteiger partial charge in [0.15, 0.2) is 5.96 Å². The predicted octanol–water partition coefficient (Wildman–Crippen LogP) is 3.04. The van der Waals surface area contributed by atoms with Gasteiger partial charge in [0, 0.05) is 50.1 Å². The maximum atomic E-state index is 4.50. The maximum Gasteiger partial charge on any atom is 0.193 e. The van der Waals surface area contributed by atoms with Gasteiger partial charge in [0.25, 0.3) is 0 Å². The van der Waals surface area contributed by atoms with E-state index in [4.69, 9.17) is 0 Å². The van der Waals surface area contributed by atoms with Gasteiger partial charge in [-0.05, 0) is 36.5 Å². The molecule has 0 aliphatic carbocycles.